The minimum atomic E-state index is -0.152. The van der Waals surface area contributed by atoms with Crippen LogP contribution in [0.3, 0.4) is 0 Å². The van der Waals surface area contributed by atoms with Gasteiger partial charge in [-0.1, -0.05) is 11.6 Å². The average molecular weight is 303 g/mol. The largest absolute Gasteiger partial charge is 0.399 e. The molecule has 1 aromatic carbocycles. The van der Waals surface area contributed by atoms with Crippen molar-refractivity contribution in [1.29, 1.82) is 0 Å². The van der Waals surface area contributed by atoms with Crippen LogP contribution in [0.5, 0.6) is 0 Å². The highest BCUT2D eigenvalue weighted by Crippen LogP contribution is 2.34. The lowest BCUT2D eigenvalue weighted by Crippen LogP contribution is -2.41. The Morgan fingerprint density at radius 3 is 2.79 bits per heavy atom. The number of nitrogens with two attached hydrogens (primary N) is 1. The molecule has 19 heavy (non-hydrogen) atoms. The molecule has 2 aliphatic rings. The Balaban J connectivity index is 0.00000133. The maximum absolute atomic E-state index is 12.1. The zero-order chi connectivity index (χ0) is 12.7. The lowest BCUT2D eigenvalue weighted by molar-refractivity contribution is 0.0841. The number of rotatable bonds is 2. The second-order valence-electron chi connectivity index (χ2n) is 4.93. The Bertz CT molecular complexity index is 496. The summed E-state index contributed by atoms with van der Waals surface area (Å²) in [6.07, 6.45) is 3.54. The number of amides is 1. The molecule has 3 N–H and O–H groups in total. The molecule has 3 rings (SSSR count). The number of nitrogens with one attached hydrogen (secondary N) is 1. The molecule has 2 fully saturated rings. The number of ether oxygens (including phenoxy) is 1. The highest BCUT2D eigenvalue weighted by molar-refractivity contribution is 6.34. The summed E-state index contributed by atoms with van der Waals surface area (Å²) in [6, 6.07) is 5.04. The number of carbonyl (C=O) groups excluding carboxylic acids is 1. The summed E-state index contributed by atoms with van der Waals surface area (Å²) in [6.45, 7) is 0. The van der Waals surface area contributed by atoms with Gasteiger partial charge >= 0.3 is 0 Å². The van der Waals surface area contributed by atoms with E-state index in [0.717, 1.165) is 19.3 Å². The maximum Gasteiger partial charge on any atom is 0.253 e. The highest BCUT2D eigenvalue weighted by atomic mass is 35.5. The highest BCUT2D eigenvalue weighted by Gasteiger charge is 2.41. The zero-order valence-corrected chi connectivity index (χ0v) is 11.8. The number of halogens is 2. The van der Waals surface area contributed by atoms with Crippen LogP contribution < -0.4 is 11.1 Å². The van der Waals surface area contributed by atoms with Gasteiger partial charge in [-0.15, -0.1) is 12.4 Å². The Morgan fingerprint density at radius 2 is 2.21 bits per heavy atom. The number of fused-ring (bicyclic) bond motifs is 2. The number of anilines is 1. The van der Waals surface area contributed by atoms with Crippen molar-refractivity contribution in [3.8, 4) is 0 Å². The third-order valence-corrected chi connectivity index (χ3v) is 3.97. The summed E-state index contributed by atoms with van der Waals surface area (Å²) in [7, 11) is 0. The van der Waals surface area contributed by atoms with Gasteiger partial charge in [0.05, 0.1) is 28.8 Å². The second-order valence-corrected chi connectivity index (χ2v) is 5.34. The van der Waals surface area contributed by atoms with Crippen molar-refractivity contribution < 1.29 is 9.53 Å². The molecular formula is C13H16Cl2N2O2. The van der Waals surface area contributed by atoms with E-state index >= 15 is 0 Å². The zero-order valence-electron chi connectivity index (χ0n) is 10.3. The van der Waals surface area contributed by atoms with Crippen LogP contribution in [0.25, 0.3) is 0 Å². The Hall–Kier alpha value is -0.970. The summed E-state index contributed by atoms with van der Waals surface area (Å²) in [5, 5.41) is 3.38. The van der Waals surface area contributed by atoms with Gasteiger partial charge in [0, 0.05) is 5.69 Å². The smallest absolute Gasteiger partial charge is 0.253 e. The number of hydrogen-bond donors (Lipinski definition) is 2. The van der Waals surface area contributed by atoms with Crippen molar-refractivity contribution in [1.82, 2.24) is 5.32 Å². The van der Waals surface area contributed by atoms with Crippen molar-refractivity contribution in [2.45, 2.75) is 37.5 Å². The minimum Gasteiger partial charge on any atom is -0.399 e. The molecule has 0 aromatic heterocycles. The van der Waals surface area contributed by atoms with E-state index in [-0.39, 0.29) is 30.5 Å². The predicted molar refractivity (Wildman–Crippen MR) is 76.9 cm³/mol. The molecule has 0 saturated carbocycles. The van der Waals surface area contributed by atoms with E-state index in [0.29, 0.717) is 22.4 Å². The summed E-state index contributed by atoms with van der Waals surface area (Å²) < 4.78 is 5.70. The predicted octanol–water partition coefficient (Wildman–Crippen LogP) is 2.39. The normalized spacial score (nSPS) is 27.9. The Morgan fingerprint density at radius 1 is 1.42 bits per heavy atom. The van der Waals surface area contributed by atoms with Crippen molar-refractivity contribution in [3.63, 3.8) is 0 Å². The molecule has 0 aliphatic carbocycles. The van der Waals surface area contributed by atoms with E-state index in [4.69, 9.17) is 22.1 Å². The van der Waals surface area contributed by atoms with Gasteiger partial charge in [0.25, 0.3) is 5.91 Å². The van der Waals surface area contributed by atoms with Gasteiger partial charge in [-0.2, -0.15) is 0 Å². The van der Waals surface area contributed by atoms with Crippen molar-refractivity contribution in [2.75, 3.05) is 5.73 Å². The molecule has 2 aliphatic heterocycles. The van der Waals surface area contributed by atoms with Gasteiger partial charge in [-0.05, 0) is 37.5 Å². The lowest BCUT2D eigenvalue weighted by atomic mass is 9.95. The van der Waals surface area contributed by atoms with Crippen LogP contribution in [0.1, 0.15) is 29.6 Å². The van der Waals surface area contributed by atoms with E-state index in [1.807, 2.05) is 0 Å². The van der Waals surface area contributed by atoms with Crippen LogP contribution in [0.2, 0.25) is 5.02 Å². The van der Waals surface area contributed by atoms with E-state index in [9.17, 15) is 4.79 Å². The number of hydrogen-bond acceptors (Lipinski definition) is 3. The molecular weight excluding hydrogens is 287 g/mol. The van der Waals surface area contributed by atoms with Gasteiger partial charge in [-0.25, -0.2) is 0 Å². The van der Waals surface area contributed by atoms with Crippen molar-refractivity contribution in [2.24, 2.45) is 0 Å². The van der Waals surface area contributed by atoms with Gasteiger partial charge in [0.15, 0.2) is 0 Å². The third-order valence-electron chi connectivity index (χ3n) is 3.66. The van der Waals surface area contributed by atoms with Crippen LogP contribution in [0, 0.1) is 0 Å². The lowest BCUT2D eigenvalue weighted by Gasteiger charge is -2.20. The summed E-state index contributed by atoms with van der Waals surface area (Å²) >= 11 is 6.02. The molecule has 3 atom stereocenters. The first-order chi connectivity index (χ1) is 8.63. The van der Waals surface area contributed by atoms with Gasteiger partial charge in [0.2, 0.25) is 0 Å². The molecule has 0 radical (unpaired) electrons. The van der Waals surface area contributed by atoms with E-state index in [1.165, 1.54) is 0 Å². The first-order valence-electron chi connectivity index (χ1n) is 6.15. The number of carbonyl (C=O) groups is 1. The maximum atomic E-state index is 12.1. The van der Waals surface area contributed by atoms with Crippen LogP contribution in [-0.4, -0.2) is 24.2 Å². The summed E-state index contributed by atoms with van der Waals surface area (Å²) in [5.74, 6) is -0.152. The van der Waals surface area contributed by atoms with Crippen LogP contribution >= 0.6 is 24.0 Å². The molecule has 1 amide bonds. The summed E-state index contributed by atoms with van der Waals surface area (Å²) in [5.41, 5.74) is 6.63. The first-order valence-corrected chi connectivity index (χ1v) is 6.52. The van der Waals surface area contributed by atoms with E-state index in [1.54, 1.807) is 18.2 Å². The standard InChI is InChI=1S/C13H15ClN2O2.ClH/c14-10-5-7(15)1-3-9(10)13(17)16-11-6-8-2-4-12(11)18-8;/h1,3,5,8,11-12H,2,4,6,15H2,(H,16,17);1H. The fourth-order valence-electron chi connectivity index (χ4n) is 2.75. The Labute approximate surface area is 123 Å². The molecule has 4 nitrogen and oxygen atoms in total. The van der Waals surface area contributed by atoms with E-state index < -0.39 is 0 Å². The SMILES string of the molecule is Cl.Nc1ccc(C(=O)NC2CC3CCC2O3)c(Cl)c1. The first kappa shape index (κ1) is 14.4. The fourth-order valence-corrected chi connectivity index (χ4v) is 3.03. The van der Waals surface area contributed by atoms with Gasteiger partial charge in [-0.3, -0.25) is 4.79 Å². The molecule has 2 bridgehead atoms. The molecule has 3 unspecified atom stereocenters. The molecule has 2 heterocycles. The van der Waals surface area contributed by atoms with Crippen LogP contribution in [-0.2, 0) is 4.74 Å². The fraction of sp³-hybridized carbons (Fsp3) is 0.462. The minimum absolute atomic E-state index is 0. The quantitative estimate of drug-likeness (QED) is 0.825. The molecule has 2 saturated heterocycles. The monoisotopic (exact) mass is 302 g/mol. The topological polar surface area (TPSA) is 64.4 Å². The Kier molecular flexibility index (Phi) is 4.23. The van der Waals surface area contributed by atoms with Crippen LogP contribution in [0.15, 0.2) is 18.2 Å². The number of benzene rings is 1. The molecule has 6 heteroatoms. The van der Waals surface area contributed by atoms with Gasteiger partial charge in [0.1, 0.15) is 0 Å². The van der Waals surface area contributed by atoms with Crippen LogP contribution in [0.4, 0.5) is 5.69 Å². The second kappa shape index (κ2) is 5.57. The molecule has 1 aromatic rings. The van der Waals surface area contributed by atoms with Gasteiger partial charge < -0.3 is 15.8 Å². The van der Waals surface area contributed by atoms with Crippen molar-refractivity contribution >= 4 is 35.6 Å². The number of nitrogen functional groups attached to an aromatic ring is 1. The molecule has 104 valence electrons. The molecule has 0 spiro atoms. The van der Waals surface area contributed by atoms with E-state index in [2.05, 4.69) is 5.32 Å². The summed E-state index contributed by atoms with van der Waals surface area (Å²) in [4.78, 5) is 12.1. The third kappa shape index (κ3) is 2.81. The average Bonchev–Trinajstić information content (AvgIpc) is 2.90. The van der Waals surface area contributed by atoms with Crippen molar-refractivity contribution in [3.05, 3.63) is 28.8 Å².